The van der Waals surface area contributed by atoms with Crippen molar-refractivity contribution >= 4 is 34.6 Å². The van der Waals surface area contributed by atoms with Crippen molar-refractivity contribution in [2.75, 3.05) is 13.1 Å². The zero-order chi connectivity index (χ0) is 18.5. The molecule has 1 saturated heterocycles. The van der Waals surface area contributed by atoms with Crippen LogP contribution in [0.15, 0.2) is 41.5 Å². The summed E-state index contributed by atoms with van der Waals surface area (Å²) in [6.07, 6.45) is 1.60. The third-order valence-corrected chi connectivity index (χ3v) is 5.88. The molecule has 0 spiro atoms. The Bertz CT molecular complexity index is 782. The van der Waals surface area contributed by atoms with Crippen molar-refractivity contribution in [3.63, 3.8) is 0 Å². The second kappa shape index (κ2) is 8.75. The van der Waals surface area contributed by atoms with Gasteiger partial charge in [0.15, 0.2) is 0 Å². The summed E-state index contributed by atoms with van der Waals surface area (Å²) in [5.74, 6) is -0.277. The van der Waals surface area contributed by atoms with E-state index in [0.29, 0.717) is 4.34 Å². The second-order valence-corrected chi connectivity index (χ2v) is 8.17. The molecule has 0 unspecified atom stereocenters. The number of rotatable bonds is 5. The quantitative estimate of drug-likeness (QED) is 0.608. The fraction of sp³-hybridized carbons (Fsp3) is 0.368. The number of hydrogen-bond acceptors (Lipinski definition) is 4. The Kier molecular flexibility index (Phi) is 6.40. The van der Waals surface area contributed by atoms with E-state index >= 15 is 0 Å². The number of piperidine rings is 1. The molecule has 0 bridgehead atoms. The molecular weight excluding hydrogens is 373 g/mol. The predicted octanol–water partition coefficient (Wildman–Crippen LogP) is 4.29. The number of hydrazone groups is 1. The lowest BCUT2D eigenvalue weighted by Gasteiger charge is -2.30. The molecule has 0 atom stereocenters. The predicted molar refractivity (Wildman–Crippen MR) is 104 cm³/mol. The van der Waals surface area contributed by atoms with Crippen LogP contribution in [0.5, 0.6) is 0 Å². The molecule has 0 aliphatic carbocycles. The van der Waals surface area contributed by atoms with Gasteiger partial charge < -0.3 is 0 Å². The summed E-state index contributed by atoms with van der Waals surface area (Å²) in [7, 11) is 0. The zero-order valence-corrected chi connectivity index (χ0v) is 16.1. The van der Waals surface area contributed by atoms with E-state index in [-0.39, 0.29) is 17.6 Å². The normalized spacial score (nSPS) is 16.7. The summed E-state index contributed by atoms with van der Waals surface area (Å²) >= 11 is 7.36. The first kappa shape index (κ1) is 19.0. The Morgan fingerprint density at radius 2 is 1.96 bits per heavy atom. The maximum absolute atomic E-state index is 13.0. The van der Waals surface area contributed by atoms with Crippen LogP contribution in [-0.4, -0.2) is 29.6 Å². The van der Waals surface area contributed by atoms with E-state index in [9.17, 15) is 9.18 Å². The van der Waals surface area contributed by atoms with Crippen molar-refractivity contribution < 1.29 is 9.18 Å². The van der Waals surface area contributed by atoms with Gasteiger partial charge in [0.25, 0.3) is 0 Å². The second-order valence-electron chi connectivity index (χ2n) is 6.45. The summed E-state index contributed by atoms with van der Waals surface area (Å²) < 4.78 is 13.7. The van der Waals surface area contributed by atoms with Gasteiger partial charge in [-0.2, -0.15) is 5.10 Å². The van der Waals surface area contributed by atoms with Crippen molar-refractivity contribution in [3.8, 4) is 0 Å². The number of nitrogens with zero attached hydrogens (tertiary/aromatic N) is 2. The van der Waals surface area contributed by atoms with Crippen LogP contribution in [0.25, 0.3) is 0 Å². The Hall–Kier alpha value is -1.76. The number of halogens is 2. The van der Waals surface area contributed by atoms with E-state index in [4.69, 9.17) is 11.6 Å². The molecule has 1 fully saturated rings. The molecule has 1 aromatic carbocycles. The topological polar surface area (TPSA) is 44.7 Å². The molecule has 0 saturated carbocycles. The van der Waals surface area contributed by atoms with Crippen molar-refractivity contribution in [2.24, 2.45) is 11.0 Å². The van der Waals surface area contributed by atoms with Crippen molar-refractivity contribution in [3.05, 3.63) is 57.0 Å². The molecule has 138 valence electrons. The minimum absolute atomic E-state index is 0.0251. The molecular formula is C19H21ClFN3OS. The lowest BCUT2D eigenvalue weighted by atomic mass is 9.96. The van der Waals surface area contributed by atoms with E-state index < -0.39 is 0 Å². The highest BCUT2D eigenvalue weighted by molar-refractivity contribution is 7.18. The van der Waals surface area contributed by atoms with Gasteiger partial charge in [-0.25, -0.2) is 9.82 Å². The monoisotopic (exact) mass is 393 g/mol. The van der Waals surface area contributed by atoms with Gasteiger partial charge in [0, 0.05) is 12.5 Å². The SMILES string of the molecule is C/C(=N\NC(=O)C1CCN(Cc2ccc(F)cc2)CC1)c1ccc(Cl)s1. The Morgan fingerprint density at radius 3 is 2.58 bits per heavy atom. The number of carbonyl (C=O) groups is 1. The van der Waals surface area contributed by atoms with Crippen LogP contribution in [0.3, 0.4) is 0 Å². The molecule has 2 heterocycles. The molecule has 2 aromatic rings. The molecule has 1 amide bonds. The molecule has 26 heavy (non-hydrogen) atoms. The first-order valence-electron chi connectivity index (χ1n) is 8.58. The van der Waals surface area contributed by atoms with Gasteiger partial charge in [0.1, 0.15) is 5.82 Å². The summed E-state index contributed by atoms with van der Waals surface area (Å²) in [6.45, 7) is 4.33. The molecule has 0 radical (unpaired) electrons. The lowest BCUT2D eigenvalue weighted by molar-refractivity contribution is -0.126. The van der Waals surface area contributed by atoms with Crippen LogP contribution in [0.1, 0.15) is 30.2 Å². The van der Waals surface area contributed by atoms with Crippen LogP contribution in [0.2, 0.25) is 4.34 Å². The van der Waals surface area contributed by atoms with Crippen molar-refractivity contribution in [2.45, 2.75) is 26.3 Å². The van der Waals surface area contributed by atoms with Crippen molar-refractivity contribution in [1.82, 2.24) is 10.3 Å². The van der Waals surface area contributed by atoms with Gasteiger partial charge in [-0.05, 0) is 62.7 Å². The largest absolute Gasteiger partial charge is 0.299 e. The number of benzene rings is 1. The van der Waals surface area contributed by atoms with Gasteiger partial charge in [-0.1, -0.05) is 23.7 Å². The van der Waals surface area contributed by atoms with E-state index in [1.54, 1.807) is 0 Å². The lowest BCUT2D eigenvalue weighted by Crippen LogP contribution is -2.39. The highest BCUT2D eigenvalue weighted by atomic mass is 35.5. The first-order chi connectivity index (χ1) is 12.5. The third kappa shape index (κ3) is 5.13. The molecule has 7 heteroatoms. The molecule has 1 aromatic heterocycles. The molecule has 1 aliphatic heterocycles. The van der Waals surface area contributed by atoms with Gasteiger partial charge in [-0.3, -0.25) is 9.69 Å². The maximum atomic E-state index is 13.0. The fourth-order valence-corrected chi connectivity index (χ4v) is 3.98. The number of carbonyl (C=O) groups excluding carboxylic acids is 1. The molecule has 1 N–H and O–H groups in total. The first-order valence-corrected chi connectivity index (χ1v) is 9.77. The van der Waals surface area contributed by atoms with Crippen LogP contribution >= 0.6 is 22.9 Å². The highest BCUT2D eigenvalue weighted by Gasteiger charge is 2.24. The molecule has 1 aliphatic rings. The Balaban J connectivity index is 1.46. The minimum atomic E-state index is -0.218. The van der Waals surface area contributed by atoms with E-state index in [1.165, 1.54) is 23.5 Å². The maximum Gasteiger partial charge on any atom is 0.243 e. The standard InChI is InChI=1S/C19H21ClFN3OS/c1-13(17-6-7-18(20)26-17)22-23-19(25)15-8-10-24(11-9-15)12-14-2-4-16(21)5-3-14/h2-7,15H,8-12H2,1H3,(H,23,25)/b22-13+. The van der Waals surface area contributed by atoms with Crippen molar-refractivity contribution in [1.29, 1.82) is 0 Å². The summed E-state index contributed by atoms with van der Waals surface area (Å²) in [5, 5.41) is 4.20. The van der Waals surface area contributed by atoms with E-state index in [0.717, 1.165) is 48.6 Å². The number of thiophene rings is 1. The smallest absolute Gasteiger partial charge is 0.243 e. The van der Waals surface area contributed by atoms with Crippen LogP contribution in [-0.2, 0) is 11.3 Å². The Labute approximate surface area is 161 Å². The van der Waals surface area contributed by atoms with E-state index in [1.807, 2.05) is 31.2 Å². The number of hydrogen-bond donors (Lipinski definition) is 1. The van der Waals surface area contributed by atoms with Crippen LogP contribution in [0.4, 0.5) is 4.39 Å². The van der Waals surface area contributed by atoms with Gasteiger partial charge in [0.05, 0.1) is 14.9 Å². The van der Waals surface area contributed by atoms with E-state index in [2.05, 4.69) is 15.4 Å². The van der Waals surface area contributed by atoms with Crippen LogP contribution in [0, 0.1) is 11.7 Å². The average Bonchev–Trinajstić information content (AvgIpc) is 3.08. The van der Waals surface area contributed by atoms with Gasteiger partial charge >= 0.3 is 0 Å². The average molecular weight is 394 g/mol. The highest BCUT2D eigenvalue weighted by Crippen LogP contribution is 2.22. The number of likely N-dealkylation sites (tertiary alicyclic amines) is 1. The zero-order valence-electron chi connectivity index (χ0n) is 14.5. The minimum Gasteiger partial charge on any atom is -0.299 e. The summed E-state index contributed by atoms with van der Waals surface area (Å²) in [4.78, 5) is 15.6. The van der Waals surface area contributed by atoms with Crippen LogP contribution < -0.4 is 5.43 Å². The third-order valence-electron chi connectivity index (χ3n) is 4.54. The molecule has 4 nitrogen and oxygen atoms in total. The summed E-state index contributed by atoms with van der Waals surface area (Å²) in [6, 6.07) is 10.3. The van der Waals surface area contributed by atoms with Gasteiger partial charge in [-0.15, -0.1) is 11.3 Å². The summed E-state index contributed by atoms with van der Waals surface area (Å²) in [5.41, 5.74) is 4.52. The fourth-order valence-electron chi connectivity index (χ4n) is 3.00. The molecule has 3 rings (SSSR count). The number of nitrogens with one attached hydrogen (secondary N) is 1. The Morgan fingerprint density at radius 1 is 1.27 bits per heavy atom. The number of amides is 1. The van der Waals surface area contributed by atoms with Gasteiger partial charge in [0.2, 0.25) is 5.91 Å².